The lowest BCUT2D eigenvalue weighted by atomic mass is 10.1. The number of nitrogens with two attached hydrogens (primary N) is 1. The summed E-state index contributed by atoms with van der Waals surface area (Å²) in [4.78, 5) is 0. The lowest BCUT2D eigenvalue weighted by Gasteiger charge is -2.22. The van der Waals surface area contributed by atoms with E-state index in [1.54, 1.807) is 0 Å². The predicted molar refractivity (Wildman–Crippen MR) is 63.6 cm³/mol. The Kier molecular flexibility index (Phi) is 3.39. The monoisotopic (exact) mass is 204 g/mol. The Morgan fingerprint density at radius 2 is 2.00 bits per heavy atom. The van der Waals surface area contributed by atoms with Crippen molar-refractivity contribution in [3.63, 3.8) is 0 Å². The molecule has 1 aliphatic carbocycles. The zero-order chi connectivity index (χ0) is 10.7. The quantitative estimate of drug-likeness (QED) is 0.792. The fourth-order valence-corrected chi connectivity index (χ4v) is 2.35. The first kappa shape index (κ1) is 10.7. The summed E-state index contributed by atoms with van der Waals surface area (Å²) >= 11 is 0. The summed E-state index contributed by atoms with van der Waals surface area (Å²) in [5.74, 6) is 0. The van der Waals surface area contributed by atoms with Crippen molar-refractivity contribution < 1.29 is 0 Å². The van der Waals surface area contributed by atoms with Crippen LogP contribution in [0, 0.1) is 0 Å². The van der Waals surface area contributed by atoms with Crippen LogP contribution in [0.3, 0.4) is 0 Å². The topological polar surface area (TPSA) is 38.0 Å². The van der Waals surface area contributed by atoms with Crippen molar-refractivity contribution in [2.45, 2.75) is 44.3 Å². The van der Waals surface area contributed by atoms with Gasteiger partial charge in [0.2, 0.25) is 0 Å². The highest BCUT2D eigenvalue weighted by molar-refractivity contribution is 5.18. The first-order chi connectivity index (χ1) is 7.27. The van der Waals surface area contributed by atoms with Crippen molar-refractivity contribution in [3.05, 3.63) is 35.9 Å². The summed E-state index contributed by atoms with van der Waals surface area (Å²) in [5, 5.41) is 3.62. The van der Waals surface area contributed by atoms with Crippen LogP contribution in [-0.4, -0.2) is 12.1 Å². The van der Waals surface area contributed by atoms with Gasteiger partial charge in [0, 0.05) is 18.1 Å². The Labute approximate surface area is 91.9 Å². The number of benzene rings is 1. The molecule has 0 aromatic heterocycles. The van der Waals surface area contributed by atoms with Crippen molar-refractivity contribution in [3.8, 4) is 0 Å². The minimum absolute atomic E-state index is 0.344. The van der Waals surface area contributed by atoms with E-state index in [0.29, 0.717) is 18.1 Å². The van der Waals surface area contributed by atoms with E-state index in [-0.39, 0.29) is 0 Å². The van der Waals surface area contributed by atoms with E-state index in [1.807, 2.05) is 0 Å². The molecule has 0 spiro atoms. The van der Waals surface area contributed by atoms with Gasteiger partial charge in [0.15, 0.2) is 0 Å². The van der Waals surface area contributed by atoms with Crippen molar-refractivity contribution in [2.75, 3.05) is 0 Å². The third-order valence-corrected chi connectivity index (χ3v) is 3.33. The van der Waals surface area contributed by atoms with Crippen molar-refractivity contribution in [1.82, 2.24) is 5.32 Å². The van der Waals surface area contributed by atoms with Crippen LogP contribution in [-0.2, 0) is 0 Å². The van der Waals surface area contributed by atoms with Crippen LogP contribution in [0.15, 0.2) is 30.3 Å². The second-order valence-corrected chi connectivity index (χ2v) is 4.50. The van der Waals surface area contributed by atoms with E-state index in [1.165, 1.54) is 24.8 Å². The van der Waals surface area contributed by atoms with Gasteiger partial charge in [-0.15, -0.1) is 0 Å². The highest BCUT2D eigenvalue weighted by Gasteiger charge is 2.24. The van der Waals surface area contributed by atoms with Crippen LogP contribution in [0.4, 0.5) is 0 Å². The summed E-state index contributed by atoms with van der Waals surface area (Å²) in [6.07, 6.45) is 3.65. The Bertz CT molecular complexity index is 297. The SMILES string of the molecule is C[C@@H](N[C@H]1CCC[C@@H]1N)c1ccccc1. The van der Waals surface area contributed by atoms with E-state index >= 15 is 0 Å². The summed E-state index contributed by atoms with van der Waals surface area (Å²) < 4.78 is 0. The minimum Gasteiger partial charge on any atom is -0.326 e. The van der Waals surface area contributed by atoms with Crippen LogP contribution in [0.2, 0.25) is 0 Å². The molecule has 3 N–H and O–H groups in total. The molecule has 1 saturated carbocycles. The van der Waals surface area contributed by atoms with Gasteiger partial charge >= 0.3 is 0 Å². The minimum atomic E-state index is 0.344. The van der Waals surface area contributed by atoms with Gasteiger partial charge in [-0.1, -0.05) is 36.8 Å². The Hall–Kier alpha value is -0.860. The van der Waals surface area contributed by atoms with Gasteiger partial charge in [0.1, 0.15) is 0 Å². The predicted octanol–water partition coefficient (Wildman–Crippen LogP) is 2.22. The van der Waals surface area contributed by atoms with Crippen LogP contribution in [0.25, 0.3) is 0 Å². The molecule has 2 heteroatoms. The molecular formula is C13H20N2. The third kappa shape index (κ3) is 2.58. The molecule has 0 amide bonds. The molecule has 1 aliphatic rings. The van der Waals surface area contributed by atoms with Gasteiger partial charge < -0.3 is 11.1 Å². The maximum Gasteiger partial charge on any atom is 0.0294 e. The lowest BCUT2D eigenvalue weighted by Crippen LogP contribution is -2.41. The van der Waals surface area contributed by atoms with Gasteiger partial charge in [-0.25, -0.2) is 0 Å². The molecule has 0 bridgehead atoms. The van der Waals surface area contributed by atoms with E-state index in [9.17, 15) is 0 Å². The highest BCUT2D eigenvalue weighted by atomic mass is 15.0. The molecule has 2 rings (SSSR count). The van der Waals surface area contributed by atoms with Crippen LogP contribution in [0.1, 0.15) is 37.8 Å². The average Bonchev–Trinajstić information content (AvgIpc) is 2.66. The summed E-state index contributed by atoms with van der Waals surface area (Å²) in [6, 6.07) is 11.8. The largest absolute Gasteiger partial charge is 0.326 e. The summed E-state index contributed by atoms with van der Waals surface area (Å²) in [7, 11) is 0. The molecule has 2 nitrogen and oxygen atoms in total. The van der Waals surface area contributed by atoms with E-state index in [2.05, 4.69) is 42.6 Å². The molecule has 1 aromatic carbocycles. The zero-order valence-electron chi connectivity index (χ0n) is 9.32. The molecular weight excluding hydrogens is 184 g/mol. The van der Waals surface area contributed by atoms with E-state index in [4.69, 9.17) is 5.73 Å². The standard InChI is InChI=1S/C13H20N2/c1-10(11-6-3-2-4-7-11)15-13-9-5-8-12(13)14/h2-4,6-7,10,12-13,15H,5,8-9,14H2,1H3/t10-,12+,13+/m1/s1. The zero-order valence-corrected chi connectivity index (χ0v) is 9.32. The van der Waals surface area contributed by atoms with Crippen molar-refractivity contribution in [1.29, 1.82) is 0 Å². The molecule has 0 heterocycles. The number of nitrogens with one attached hydrogen (secondary N) is 1. The number of rotatable bonds is 3. The van der Waals surface area contributed by atoms with Gasteiger partial charge in [0.05, 0.1) is 0 Å². The number of hydrogen-bond donors (Lipinski definition) is 2. The van der Waals surface area contributed by atoms with Gasteiger partial charge in [-0.05, 0) is 25.3 Å². The summed E-state index contributed by atoms with van der Waals surface area (Å²) in [5.41, 5.74) is 7.39. The van der Waals surface area contributed by atoms with E-state index in [0.717, 1.165) is 0 Å². The second kappa shape index (κ2) is 4.77. The molecule has 1 fully saturated rings. The molecule has 15 heavy (non-hydrogen) atoms. The molecule has 3 atom stereocenters. The molecule has 82 valence electrons. The normalized spacial score (nSPS) is 27.9. The Morgan fingerprint density at radius 1 is 1.27 bits per heavy atom. The Balaban J connectivity index is 1.95. The van der Waals surface area contributed by atoms with Crippen LogP contribution < -0.4 is 11.1 Å². The maximum absolute atomic E-state index is 6.04. The molecule has 0 radical (unpaired) electrons. The van der Waals surface area contributed by atoms with Gasteiger partial charge in [-0.2, -0.15) is 0 Å². The smallest absolute Gasteiger partial charge is 0.0294 e. The Morgan fingerprint density at radius 3 is 2.60 bits per heavy atom. The first-order valence-electron chi connectivity index (χ1n) is 5.84. The maximum atomic E-state index is 6.04. The van der Waals surface area contributed by atoms with Crippen LogP contribution >= 0.6 is 0 Å². The average molecular weight is 204 g/mol. The fraction of sp³-hybridized carbons (Fsp3) is 0.538. The molecule has 0 unspecified atom stereocenters. The molecule has 0 aliphatic heterocycles. The van der Waals surface area contributed by atoms with Crippen molar-refractivity contribution >= 4 is 0 Å². The first-order valence-corrected chi connectivity index (χ1v) is 5.84. The van der Waals surface area contributed by atoms with E-state index < -0.39 is 0 Å². The van der Waals surface area contributed by atoms with Gasteiger partial charge in [0.25, 0.3) is 0 Å². The highest BCUT2D eigenvalue weighted by Crippen LogP contribution is 2.21. The van der Waals surface area contributed by atoms with Crippen molar-refractivity contribution in [2.24, 2.45) is 5.73 Å². The lowest BCUT2D eigenvalue weighted by molar-refractivity contribution is 0.427. The van der Waals surface area contributed by atoms with Crippen LogP contribution in [0.5, 0.6) is 0 Å². The number of hydrogen-bond acceptors (Lipinski definition) is 2. The molecule has 0 saturated heterocycles. The fourth-order valence-electron chi connectivity index (χ4n) is 2.35. The van der Waals surface area contributed by atoms with Gasteiger partial charge in [-0.3, -0.25) is 0 Å². The molecule has 1 aromatic rings. The second-order valence-electron chi connectivity index (χ2n) is 4.50. The summed E-state index contributed by atoms with van der Waals surface area (Å²) in [6.45, 7) is 2.21. The third-order valence-electron chi connectivity index (χ3n) is 3.33.